The standard InChI is InChI=1S/C12H11N3O2S/c1-16-8-2-4-9(5-3-8)17-12-14-7-6-10(15-12)11(13)18/h2-7H,1H3,(H2,13,18). The lowest BCUT2D eigenvalue weighted by atomic mass is 10.3. The summed E-state index contributed by atoms with van der Waals surface area (Å²) in [5.41, 5.74) is 5.96. The van der Waals surface area contributed by atoms with E-state index in [0.29, 0.717) is 11.4 Å². The molecule has 0 saturated carbocycles. The lowest BCUT2D eigenvalue weighted by Crippen LogP contribution is -2.12. The molecule has 0 bridgehead atoms. The van der Waals surface area contributed by atoms with Crippen molar-refractivity contribution in [2.45, 2.75) is 0 Å². The first-order valence-corrected chi connectivity index (χ1v) is 5.54. The highest BCUT2D eigenvalue weighted by atomic mass is 32.1. The summed E-state index contributed by atoms with van der Waals surface area (Å²) in [4.78, 5) is 8.26. The highest BCUT2D eigenvalue weighted by molar-refractivity contribution is 7.80. The Morgan fingerprint density at radius 3 is 2.44 bits per heavy atom. The van der Waals surface area contributed by atoms with Gasteiger partial charge in [0.25, 0.3) is 0 Å². The number of aromatic nitrogens is 2. The molecule has 0 aliphatic heterocycles. The molecule has 0 amide bonds. The fourth-order valence-corrected chi connectivity index (χ4v) is 1.39. The Bertz CT molecular complexity index is 558. The van der Waals surface area contributed by atoms with E-state index in [2.05, 4.69) is 9.97 Å². The third-order valence-electron chi connectivity index (χ3n) is 2.15. The second-order valence-electron chi connectivity index (χ2n) is 3.37. The molecule has 1 aromatic carbocycles. The second kappa shape index (κ2) is 5.42. The molecule has 0 saturated heterocycles. The first-order valence-electron chi connectivity index (χ1n) is 5.14. The van der Waals surface area contributed by atoms with Crippen LogP contribution in [-0.2, 0) is 0 Å². The van der Waals surface area contributed by atoms with Crippen LogP contribution in [-0.4, -0.2) is 22.1 Å². The maximum atomic E-state index is 5.48. The third-order valence-corrected chi connectivity index (χ3v) is 2.36. The minimum absolute atomic E-state index is 0.200. The Morgan fingerprint density at radius 2 is 1.83 bits per heavy atom. The molecule has 6 heteroatoms. The van der Waals surface area contributed by atoms with E-state index in [1.807, 2.05) is 0 Å². The fourth-order valence-electron chi connectivity index (χ4n) is 1.28. The van der Waals surface area contributed by atoms with Gasteiger partial charge in [-0.2, -0.15) is 4.98 Å². The van der Waals surface area contributed by atoms with E-state index in [1.165, 1.54) is 0 Å². The summed E-state index contributed by atoms with van der Waals surface area (Å²) < 4.78 is 10.5. The van der Waals surface area contributed by atoms with E-state index in [0.717, 1.165) is 5.75 Å². The topological polar surface area (TPSA) is 70.3 Å². The van der Waals surface area contributed by atoms with Gasteiger partial charge in [0.2, 0.25) is 0 Å². The van der Waals surface area contributed by atoms with Crippen LogP contribution in [0.5, 0.6) is 17.5 Å². The lowest BCUT2D eigenvalue weighted by Gasteiger charge is -2.05. The van der Waals surface area contributed by atoms with Gasteiger partial charge in [0, 0.05) is 6.20 Å². The smallest absolute Gasteiger partial charge is 0.322 e. The number of thiocarbonyl (C=S) groups is 1. The number of nitrogens with two attached hydrogens (primary N) is 1. The largest absolute Gasteiger partial charge is 0.497 e. The fraction of sp³-hybridized carbons (Fsp3) is 0.0833. The van der Waals surface area contributed by atoms with Crippen LogP contribution in [0.2, 0.25) is 0 Å². The van der Waals surface area contributed by atoms with E-state index in [-0.39, 0.29) is 11.0 Å². The van der Waals surface area contributed by atoms with Crippen LogP contribution in [0.15, 0.2) is 36.5 Å². The molecule has 0 radical (unpaired) electrons. The van der Waals surface area contributed by atoms with Crippen LogP contribution in [0, 0.1) is 0 Å². The van der Waals surface area contributed by atoms with Gasteiger partial charge in [-0.25, -0.2) is 4.98 Å². The SMILES string of the molecule is COc1ccc(Oc2nccc(C(N)=S)n2)cc1. The Hall–Kier alpha value is -2.21. The normalized spacial score (nSPS) is 9.83. The van der Waals surface area contributed by atoms with E-state index < -0.39 is 0 Å². The van der Waals surface area contributed by atoms with Gasteiger partial charge >= 0.3 is 6.01 Å². The Morgan fingerprint density at radius 1 is 1.17 bits per heavy atom. The molecule has 2 aromatic rings. The summed E-state index contributed by atoms with van der Waals surface area (Å²) >= 11 is 4.83. The predicted octanol–water partition coefficient (Wildman–Crippen LogP) is 1.91. The predicted molar refractivity (Wildman–Crippen MR) is 71.0 cm³/mol. The van der Waals surface area contributed by atoms with Gasteiger partial charge in [-0.3, -0.25) is 0 Å². The molecule has 2 N–H and O–H groups in total. The number of hydrogen-bond acceptors (Lipinski definition) is 5. The molecule has 0 fully saturated rings. The number of ether oxygens (including phenoxy) is 2. The van der Waals surface area contributed by atoms with Gasteiger partial charge in [-0.15, -0.1) is 0 Å². The summed E-state index contributed by atoms with van der Waals surface area (Å²) in [6, 6.07) is 8.92. The second-order valence-corrected chi connectivity index (χ2v) is 3.81. The van der Waals surface area contributed by atoms with E-state index in [4.69, 9.17) is 27.4 Å². The maximum absolute atomic E-state index is 5.48. The van der Waals surface area contributed by atoms with Gasteiger partial charge < -0.3 is 15.2 Å². The van der Waals surface area contributed by atoms with E-state index in [1.54, 1.807) is 43.6 Å². The number of nitrogens with zero attached hydrogens (tertiary/aromatic N) is 2. The maximum Gasteiger partial charge on any atom is 0.322 e. The molecule has 18 heavy (non-hydrogen) atoms. The van der Waals surface area contributed by atoms with Crippen LogP contribution in [0.25, 0.3) is 0 Å². The average molecular weight is 261 g/mol. The number of methoxy groups -OCH3 is 1. The zero-order valence-electron chi connectivity index (χ0n) is 9.66. The van der Waals surface area contributed by atoms with Crippen LogP contribution in [0.4, 0.5) is 0 Å². The summed E-state index contributed by atoms with van der Waals surface area (Å²) in [6.45, 7) is 0. The molecule has 0 aliphatic rings. The van der Waals surface area contributed by atoms with Gasteiger partial charge in [-0.05, 0) is 30.3 Å². The minimum atomic E-state index is 0.200. The van der Waals surface area contributed by atoms with Gasteiger partial charge in [0.1, 0.15) is 22.2 Å². The molecule has 0 aliphatic carbocycles. The van der Waals surface area contributed by atoms with Crippen LogP contribution in [0.1, 0.15) is 5.69 Å². The zero-order valence-corrected chi connectivity index (χ0v) is 10.5. The lowest BCUT2D eigenvalue weighted by molar-refractivity contribution is 0.410. The van der Waals surface area contributed by atoms with Gasteiger partial charge in [0.15, 0.2) is 0 Å². The van der Waals surface area contributed by atoms with E-state index in [9.17, 15) is 0 Å². The molecule has 0 atom stereocenters. The summed E-state index contributed by atoms with van der Waals surface area (Å²) in [6.07, 6.45) is 1.54. The molecule has 1 heterocycles. The van der Waals surface area contributed by atoms with Crippen molar-refractivity contribution in [1.82, 2.24) is 9.97 Å². The minimum Gasteiger partial charge on any atom is -0.497 e. The molecule has 1 aromatic heterocycles. The summed E-state index contributed by atoms with van der Waals surface area (Å²) in [5, 5.41) is 0. The molecule has 2 rings (SSSR count). The van der Waals surface area contributed by atoms with Crippen molar-refractivity contribution in [3.8, 4) is 17.5 Å². The van der Waals surface area contributed by atoms with Crippen molar-refractivity contribution in [2.75, 3.05) is 7.11 Å². The van der Waals surface area contributed by atoms with Crippen molar-refractivity contribution in [1.29, 1.82) is 0 Å². The quantitative estimate of drug-likeness (QED) is 0.848. The van der Waals surface area contributed by atoms with Crippen molar-refractivity contribution in [3.05, 3.63) is 42.2 Å². The van der Waals surface area contributed by atoms with Gasteiger partial charge in [-0.1, -0.05) is 12.2 Å². The average Bonchev–Trinajstić information content (AvgIpc) is 2.40. The molecule has 92 valence electrons. The number of benzene rings is 1. The molecule has 0 unspecified atom stereocenters. The summed E-state index contributed by atoms with van der Waals surface area (Å²) in [7, 11) is 1.60. The summed E-state index contributed by atoms with van der Waals surface area (Å²) in [5.74, 6) is 1.36. The molecule has 5 nitrogen and oxygen atoms in total. The molecular formula is C12H11N3O2S. The Kier molecular flexibility index (Phi) is 3.69. The number of rotatable bonds is 4. The van der Waals surface area contributed by atoms with Crippen LogP contribution >= 0.6 is 12.2 Å². The van der Waals surface area contributed by atoms with E-state index >= 15 is 0 Å². The Labute approximate surface area is 110 Å². The number of hydrogen-bond donors (Lipinski definition) is 1. The van der Waals surface area contributed by atoms with Crippen molar-refractivity contribution in [2.24, 2.45) is 5.73 Å². The Balaban J connectivity index is 2.17. The first-order chi connectivity index (χ1) is 8.69. The monoisotopic (exact) mass is 261 g/mol. The van der Waals surface area contributed by atoms with Crippen molar-refractivity contribution in [3.63, 3.8) is 0 Å². The van der Waals surface area contributed by atoms with Crippen molar-refractivity contribution < 1.29 is 9.47 Å². The third kappa shape index (κ3) is 2.92. The van der Waals surface area contributed by atoms with Crippen LogP contribution < -0.4 is 15.2 Å². The molecular weight excluding hydrogens is 250 g/mol. The zero-order chi connectivity index (χ0) is 13.0. The van der Waals surface area contributed by atoms with Gasteiger partial charge in [0.05, 0.1) is 7.11 Å². The van der Waals surface area contributed by atoms with Crippen LogP contribution in [0.3, 0.4) is 0 Å². The van der Waals surface area contributed by atoms with Crippen molar-refractivity contribution >= 4 is 17.2 Å². The first kappa shape index (κ1) is 12.3. The molecule has 0 spiro atoms. The highest BCUT2D eigenvalue weighted by Crippen LogP contribution is 2.21. The highest BCUT2D eigenvalue weighted by Gasteiger charge is 2.04.